The highest BCUT2D eigenvalue weighted by Gasteiger charge is 1.99. The number of nitrogens with zero attached hydrogens (tertiary/aromatic N) is 1. The number of rotatable bonds is 1. The molecule has 0 spiro atoms. The Morgan fingerprint density at radius 3 is 2.62 bits per heavy atom. The van der Waals surface area contributed by atoms with Crippen molar-refractivity contribution in [2.24, 2.45) is 0 Å². The van der Waals surface area contributed by atoms with Crippen molar-refractivity contribution in [2.75, 3.05) is 0 Å². The molecule has 0 aliphatic rings. The molecular formula is C10H6Cl2N. The first kappa shape index (κ1) is 8.67. The van der Waals surface area contributed by atoms with Crippen LogP contribution in [0.25, 0.3) is 5.69 Å². The molecule has 1 aromatic carbocycles. The van der Waals surface area contributed by atoms with Crippen molar-refractivity contribution < 1.29 is 0 Å². The first-order valence-corrected chi connectivity index (χ1v) is 4.52. The molecule has 1 heterocycles. The molecule has 2 rings (SSSR count). The first-order valence-electron chi connectivity index (χ1n) is 3.77. The Morgan fingerprint density at radius 1 is 1.15 bits per heavy atom. The maximum Gasteiger partial charge on any atom is 0.0613 e. The van der Waals surface area contributed by atoms with E-state index in [1.807, 2.05) is 35.2 Å². The van der Waals surface area contributed by atoms with E-state index in [4.69, 9.17) is 23.2 Å². The molecule has 0 saturated heterocycles. The van der Waals surface area contributed by atoms with Crippen LogP contribution in [0.3, 0.4) is 0 Å². The molecule has 0 fully saturated rings. The second-order valence-electron chi connectivity index (χ2n) is 2.62. The zero-order valence-corrected chi connectivity index (χ0v) is 8.18. The van der Waals surface area contributed by atoms with Gasteiger partial charge in [-0.15, -0.1) is 0 Å². The van der Waals surface area contributed by atoms with E-state index in [0.717, 1.165) is 5.69 Å². The van der Waals surface area contributed by atoms with E-state index in [1.165, 1.54) is 0 Å². The van der Waals surface area contributed by atoms with Gasteiger partial charge in [0.05, 0.1) is 10.0 Å². The zero-order chi connectivity index (χ0) is 9.26. The fourth-order valence-corrected chi connectivity index (χ4v) is 1.39. The van der Waals surface area contributed by atoms with Crippen LogP contribution in [0.4, 0.5) is 0 Å². The highest BCUT2D eigenvalue weighted by Crippen LogP contribution is 2.24. The number of hydrogen-bond acceptors (Lipinski definition) is 0. The van der Waals surface area contributed by atoms with Crippen molar-refractivity contribution >= 4 is 23.2 Å². The first-order chi connectivity index (χ1) is 6.27. The van der Waals surface area contributed by atoms with Gasteiger partial charge in [0.15, 0.2) is 0 Å². The smallest absolute Gasteiger partial charge is 0.0613 e. The lowest BCUT2D eigenvalue weighted by atomic mass is 10.3. The van der Waals surface area contributed by atoms with Gasteiger partial charge in [-0.3, -0.25) is 0 Å². The molecular weight excluding hydrogens is 205 g/mol. The molecule has 13 heavy (non-hydrogen) atoms. The van der Waals surface area contributed by atoms with Crippen LogP contribution in [0.5, 0.6) is 0 Å². The lowest BCUT2D eigenvalue weighted by Crippen LogP contribution is -1.88. The largest absolute Gasteiger partial charge is 0.323 e. The summed E-state index contributed by atoms with van der Waals surface area (Å²) in [6, 6.07) is 10.3. The average molecular weight is 211 g/mol. The Hall–Kier alpha value is -0.920. The van der Waals surface area contributed by atoms with Crippen molar-refractivity contribution in [3.63, 3.8) is 0 Å². The van der Waals surface area contributed by atoms with Gasteiger partial charge in [-0.05, 0) is 24.3 Å². The van der Waals surface area contributed by atoms with Gasteiger partial charge in [-0.2, -0.15) is 0 Å². The van der Waals surface area contributed by atoms with E-state index in [2.05, 4.69) is 6.07 Å². The minimum atomic E-state index is 0.563. The van der Waals surface area contributed by atoms with Crippen LogP contribution in [0.1, 0.15) is 0 Å². The monoisotopic (exact) mass is 210 g/mol. The van der Waals surface area contributed by atoms with E-state index >= 15 is 0 Å². The van der Waals surface area contributed by atoms with Gasteiger partial charge in [0, 0.05) is 24.1 Å². The maximum absolute atomic E-state index is 5.88. The third-order valence-corrected chi connectivity index (χ3v) is 2.49. The SMILES string of the molecule is Clc1ccc(-n2c[c]cc2)cc1Cl. The molecule has 0 bridgehead atoms. The standard InChI is InChI=1S/C10H6Cl2N/c11-9-4-3-8(7-10(9)12)13-5-1-2-6-13/h1,3-7H. The summed E-state index contributed by atoms with van der Waals surface area (Å²) in [5.74, 6) is 0. The van der Waals surface area contributed by atoms with E-state index in [1.54, 1.807) is 6.07 Å². The van der Waals surface area contributed by atoms with Crippen LogP contribution in [0.15, 0.2) is 36.7 Å². The molecule has 0 amide bonds. The van der Waals surface area contributed by atoms with Crippen LogP contribution >= 0.6 is 23.2 Å². The highest BCUT2D eigenvalue weighted by atomic mass is 35.5. The van der Waals surface area contributed by atoms with Gasteiger partial charge in [0.1, 0.15) is 0 Å². The summed E-state index contributed by atoms with van der Waals surface area (Å²) in [5, 5.41) is 1.13. The quantitative estimate of drug-likeness (QED) is 0.679. The van der Waals surface area contributed by atoms with E-state index in [9.17, 15) is 0 Å². The third-order valence-electron chi connectivity index (χ3n) is 1.75. The summed E-state index contributed by atoms with van der Waals surface area (Å²) in [7, 11) is 0. The van der Waals surface area contributed by atoms with E-state index < -0.39 is 0 Å². The predicted molar refractivity (Wildman–Crippen MR) is 54.6 cm³/mol. The minimum Gasteiger partial charge on any atom is -0.323 e. The van der Waals surface area contributed by atoms with Gasteiger partial charge >= 0.3 is 0 Å². The van der Waals surface area contributed by atoms with Crippen molar-refractivity contribution in [1.29, 1.82) is 0 Å². The molecule has 3 heteroatoms. The fraction of sp³-hybridized carbons (Fsp3) is 0. The molecule has 0 aliphatic heterocycles. The molecule has 0 atom stereocenters. The number of halogens is 2. The Morgan fingerprint density at radius 2 is 2.00 bits per heavy atom. The maximum atomic E-state index is 5.88. The molecule has 0 aliphatic carbocycles. The lowest BCUT2D eigenvalue weighted by Gasteiger charge is -2.03. The van der Waals surface area contributed by atoms with Crippen LogP contribution in [0.2, 0.25) is 10.0 Å². The molecule has 2 aromatic rings. The van der Waals surface area contributed by atoms with Crippen LogP contribution in [-0.2, 0) is 0 Å². The van der Waals surface area contributed by atoms with Gasteiger partial charge < -0.3 is 4.57 Å². The molecule has 0 N–H and O–H groups in total. The molecule has 0 saturated carbocycles. The lowest BCUT2D eigenvalue weighted by molar-refractivity contribution is 1.08. The normalized spacial score (nSPS) is 10.3. The summed E-state index contributed by atoms with van der Waals surface area (Å²) < 4.78 is 1.92. The summed E-state index contributed by atoms with van der Waals surface area (Å²) in [6.07, 6.45) is 3.74. The van der Waals surface area contributed by atoms with Crippen molar-refractivity contribution in [3.05, 3.63) is 52.8 Å². The Balaban J connectivity index is 2.49. The third kappa shape index (κ3) is 1.71. The van der Waals surface area contributed by atoms with Crippen molar-refractivity contribution in [2.45, 2.75) is 0 Å². The van der Waals surface area contributed by atoms with Gasteiger partial charge in [0.25, 0.3) is 0 Å². The summed E-state index contributed by atoms with van der Waals surface area (Å²) in [6.45, 7) is 0. The van der Waals surface area contributed by atoms with Crippen LogP contribution in [0, 0.1) is 6.07 Å². The molecule has 1 aromatic heterocycles. The Kier molecular flexibility index (Phi) is 2.30. The summed E-state index contributed by atoms with van der Waals surface area (Å²) in [5.41, 5.74) is 0.982. The average Bonchev–Trinajstić information content (AvgIpc) is 2.62. The second kappa shape index (κ2) is 3.44. The van der Waals surface area contributed by atoms with E-state index in [-0.39, 0.29) is 0 Å². The summed E-state index contributed by atoms with van der Waals surface area (Å²) in [4.78, 5) is 0. The minimum absolute atomic E-state index is 0.563. The Labute approximate surface area is 86.5 Å². The van der Waals surface area contributed by atoms with Crippen molar-refractivity contribution in [3.8, 4) is 5.69 Å². The van der Waals surface area contributed by atoms with Crippen LogP contribution in [-0.4, -0.2) is 4.57 Å². The second-order valence-corrected chi connectivity index (χ2v) is 3.43. The summed E-state index contributed by atoms with van der Waals surface area (Å²) >= 11 is 11.7. The highest BCUT2D eigenvalue weighted by molar-refractivity contribution is 6.42. The molecule has 1 radical (unpaired) electrons. The van der Waals surface area contributed by atoms with E-state index in [0.29, 0.717) is 10.0 Å². The number of hydrogen-bond donors (Lipinski definition) is 0. The Bertz CT molecular complexity index is 407. The van der Waals surface area contributed by atoms with Gasteiger partial charge in [-0.1, -0.05) is 23.2 Å². The van der Waals surface area contributed by atoms with Crippen molar-refractivity contribution in [1.82, 2.24) is 4.57 Å². The molecule has 1 nitrogen and oxygen atoms in total. The number of benzene rings is 1. The zero-order valence-electron chi connectivity index (χ0n) is 6.67. The van der Waals surface area contributed by atoms with Gasteiger partial charge in [-0.25, -0.2) is 0 Å². The fourth-order valence-electron chi connectivity index (χ4n) is 1.10. The predicted octanol–water partition coefficient (Wildman–Crippen LogP) is 3.58. The van der Waals surface area contributed by atoms with Crippen LogP contribution < -0.4 is 0 Å². The molecule has 65 valence electrons. The topological polar surface area (TPSA) is 4.93 Å². The van der Waals surface area contributed by atoms with Gasteiger partial charge in [0.2, 0.25) is 0 Å². The molecule has 0 unspecified atom stereocenters. The number of aromatic nitrogens is 1.